The van der Waals surface area contributed by atoms with Crippen molar-refractivity contribution in [3.63, 3.8) is 0 Å². The Morgan fingerprint density at radius 2 is 2.05 bits per heavy atom. The van der Waals surface area contributed by atoms with Gasteiger partial charge in [-0.3, -0.25) is 0 Å². The minimum atomic E-state index is -1.27. The number of carbonyl (C=O) groups is 1. The average molecular weight is 275 g/mol. The molecule has 0 saturated carbocycles. The lowest BCUT2D eigenvalue weighted by Gasteiger charge is -2.06. The first-order chi connectivity index (χ1) is 9.60. The van der Waals surface area contributed by atoms with Crippen LogP contribution in [0.25, 0.3) is 0 Å². The van der Waals surface area contributed by atoms with Crippen LogP contribution in [0.15, 0.2) is 30.5 Å². The molecule has 0 aliphatic heterocycles. The molecule has 0 atom stereocenters. The number of nitrogens with one attached hydrogen (secondary N) is 1. The third-order valence-corrected chi connectivity index (χ3v) is 2.61. The van der Waals surface area contributed by atoms with Crippen molar-refractivity contribution in [1.29, 1.82) is 0 Å². The number of aromatic carboxylic acids is 1. The van der Waals surface area contributed by atoms with Crippen LogP contribution >= 0.6 is 0 Å². The molecule has 2 aromatic rings. The number of hydrogen-bond donors (Lipinski definition) is 3. The summed E-state index contributed by atoms with van der Waals surface area (Å²) in [7, 11) is 1.59. The summed E-state index contributed by atoms with van der Waals surface area (Å²) >= 11 is 0. The van der Waals surface area contributed by atoms with Crippen LogP contribution in [0.3, 0.4) is 0 Å². The lowest BCUT2D eigenvalue weighted by atomic mass is 10.2. The maximum atomic E-state index is 10.7. The second-order valence-corrected chi connectivity index (χ2v) is 3.94. The van der Waals surface area contributed by atoms with Gasteiger partial charge >= 0.3 is 5.97 Å². The number of ether oxygens (including phenoxy) is 1. The van der Waals surface area contributed by atoms with E-state index in [1.54, 1.807) is 7.11 Å². The van der Waals surface area contributed by atoms with Gasteiger partial charge in [0.25, 0.3) is 0 Å². The molecule has 0 aliphatic rings. The third kappa shape index (κ3) is 3.14. The van der Waals surface area contributed by atoms with Crippen molar-refractivity contribution < 1.29 is 19.7 Å². The van der Waals surface area contributed by atoms with E-state index in [-0.39, 0.29) is 11.5 Å². The topological polar surface area (TPSA) is 105 Å². The van der Waals surface area contributed by atoms with Gasteiger partial charge in [-0.1, -0.05) is 12.1 Å². The third-order valence-electron chi connectivity index (χ3n) is 2.61. The first-order valence-corrected chi connectivity index (χ1v) is 5.76. The van der Waals surface area contributed by atoms with Crippen LogP contribution in [0.5, 0.6) is 11.6 Å². The molecule has 0 saturated heterocycles. The number of methoxy groups -OCH3 is 1. The van der Waals surface area contributed by atoms with Crippen LogP contribution in [0.2, 0.25) is 0 Å². The first kappa shape index (κ1) is 13.6. The molecule has 7 nitrogen and oxygen atoms in total. The van der Waals surface area contributed by atoms with Gasteiger partial charge in [0.05, 0.1) is 13.3 Å². The number of rotatable bonds is 5. The van der Waals surface area contributed by atoms with E-state index in [0.29, 0.717) is 6.54 Å². The molecule has 0 radical (unpaired) electrons. The van der Waals surface area contributed by atoms with Crippen molar-refractivity contribution in [3.8, 4) is 11.6 Å². The Labute approximate surface area is 114 Å². The standard InChI is InChI=1S/C13H13N3O4/c1-20-9-4-2-8(3-5-9)6-14-13-15-7-10(12(18)19)11(17)16-13/h2-5,7H,6H2,1H3,(H,18,19)(H2,14,15,16,17). The molecule has 0 bridgehead atoms. The molecule has 1 aromatic heterocycles. The molecule has 2 rings (SSSR count). The highest BCUT2D eigenvalue weighted by atomic mass is 16.5. The molecule has 1 aromatic carbocycles. The van der Waals surface area contributed by atoms with Crippen molar-refractivity contribution in [1.82, 2.24) is 9.97 Å². The Morgan fingerprint density at radius 1 is 1.35 bits per heavy atom. The highest BCUT2D eigenvalue weighted by Gasteiger charge is 2.12. The Balaban J connectivity index is 2.03. The minimum Gasteiger partial charge on any atom is -0.497 e. The normalized spacial score (nSPS) is 10.1. The molecule has 3 N–H and O–H groups in total. The van der Waals surface area contributed by atoms with Crippen LogP contribution in [0.1, 0.15) is 15.9 Å². The smallest absolute Gasteiger partial charge is 0.342 e. The Kier molecular flexibility index (Phi) is 3.99. The fraction of sp³-hybridized carbons (Fsp3) is 0.154. The molecule has 1 heterocycles. The zero-order chi connectivity index (χ0) is 14.5. The van der Waals surface area contributed by atoms with Gasteiger partial charge in [-0.15, -0.1) is 0 Å². The van der Waals surface area contributed by atoms with Crippen LogP contribution in [-0.2, 0) is 6.54 Å². The molecule has 7 heteroatoms. The van der Waals surface area contributed by atoms with Crippen molar-refractivity contribution >= 4 is 11.9 Å². The second kappa shape index (κ2) is 5.87. The Morgan fingerprint density at radius 3 is 2.60 bits per heavy atom. The van der Waals surface area contributed by atoms with Crippen LogP contribution < -0.4 is 10.1 Å². The van der Waals surface area contributed by atoms with Crippen molar-refractivity contribution in [2.24, 2.45) is 0 Å². The van der Waals surface area contributed by atoms with Crippen molar-refractivity contribution in [2.45, 2.75) is 6.54 Å². The average Bonchev–Trinajstić information content (AvgIpc) is 2.45. The number of carboxylic acids is 1. The predicted octanol–water partition coefficient (Wildman–Crippen LogP) is 1.50. The maximum absolute atomic E-state index is 10.7. The van der Waals surface area contributed by atoms with Crippen molar-refractivity contribution in [2.75, 3.05) is 12.4 Å². The SMILES string of the molecule is COc1ccc(CNc2ncc(C(=O)O)c(O)n2)cc1. The van der Waals surface area contributed by atoms with E-state index in [2.05, 4.69) is 15.3 Å². The second-order valence-electron chi connectivity index (χ2n) is 3.94. The van der Waals surface area contributed by atoms with E-state index in [1.165, 1.54) is 0 Å². The minimum absolute atomic E-state index is 0.156. The van der Waals surface area contributed by atoms with Gasteiger partial charge in [-0.2, -0.15) is 4.98 Å². The van der Waals surface area contributed by atoms with E-state index in [9.17, 15) is 9.90 Å². The Bertz CT molecular complexity index is 614. The molecular weight excluding hydrogens is 262 g/mol. The monoisotopic (exact) mass is 275 g/mol. The fourth-order valence-corrected chi connectivity index (χ4v) is 1.53. The van der Waals surface area contributed by atoms with Gasteiger partial charge in [-0.25, -0.2) is 9.78 Å². The number of anilines is 1. The molecule has 0 unspecified atom stereocenters. The van der Waals surface area contributed by atoms with E-state index in [0.717, 1.165) is 17.5 Å². The summed E-state index contributed by atoms with van der Waals surface area (Å²) in [5, 5.41) is 21.1. The molecule has 104 valence electrons. The summed E-state index contributed by atoms with van der Waals surface area (Å²) in [6.07, 6.45) is 1.06. The molecular formula is C13H13N3O4. The number of carboxylic acid groups (broad SMARTS) is 1. The summed E-state index contributed by atoms with van der Waals surface area (Å²) in [5.41, 5.74) is 0.635. The van der Waals surface area contributed by atoms with E-state index < -0.39 is 11.8 Å². The van der Waals surface area contributed by atoms with Gasteiger partial charge in [0.1, 0.15) is 11.3 Å². The van der Waals surface area contributed by atoms with Crippen LogP contribution in [-0.4, -0.2) is 33.3 Å². The lowest BCUT2D eigenvalue weighted by Crippen LogP contribution is -2.06. The molecule has 0 amide bonds. The first-order valence-electron chi connectivity index (χ1n) is 5.76. The molecule has 20 heavy (non-hydrogen) atoms. The predicted molar refractivity (Wildman–Crippen MR) is 71.0 cm³/mol. The molecule has 0 spiro atoms. The van der Waals surface area contributed by atoms with Crippen LogP contribution in [0, 0.1) is 0 Å². The summed E-state index contributed by atoms with van der Waals surface area (Å²) in [6.45, 7) is 0.440. The summed E-state index contributed by atoms with van der Waals surface area (Å²) in [4.78, 5) is 18.2. The summed E-state index contributed by atoms with van der Waals surface area (Å²) < 4.78 is 5.05. The van der Waals surface area contributed by atoms with E-state index in [1.807, 2.05) is 24.3 Å². The summed E-state index contributed by atoms with van der Waals surface area (Å²) in [6, 6.07) is 7.39. The number of aromatic hydroxyl groups is 1. The zero-order valence-electron chi connectivity index (χ0n) is 10.7. The number of aromatic nitrogens is 2. The van der Waals surface area contributed by atoms with Gasteiger partial charge in [0.2, 0.25) is 11.8 Å². The summed E-state index contributed by atoms with van der Waals surface area (Å²) in [5.74, 6) is -0.925. The molecule has 0 fully saturated rings. The quantitative estimate of drug-likeness (QED) is 0.759. The van der Waals surface area contributed by atoms with E-state index >= 15 is 0 Å². The number of hydrogen-bond acceptors (Lipinski definition) is 6. The maximum Gasteiger partial charge on any atom is 0.342 e. The van der Waals surface area contributed by atoms with Gasteiger partial charge in [0, 0.05) is 6.54 Å². The number of nitrogens with zero attached hydrogens (tertiary/aromatic N) is 2. The largest absolute Gasteiger partial charge is 0.497 e. The fourth-order valence-electron chi connectivity index (χ4n) is 1.53. The Hall–Kier alpha value is -2.83. The van der Waals surface area contributed by atoms with Crippen molar-refractivity contribution in [3.05, 3.63) is 41.6 Å². The van der Waals surface area contributed by atoms with Gasteiger partial charge in [0.15, 0.2) is 0 Å². The van der Waals surface area contributed by atoms with Crippen LogP contribution in [0.4, 0.5) is 5.95 Å². The lowest BCUT2D eigenvalue weighted by molar-refractivity contribution is 0.0692. The van der Waals surface area contributed by atoms with E-state index in [4.69, 9.17) is 9.84 Å². The van der Waals surface area contributed by atoms with Gasteiger partial charge in [-0.05, 0) is 17.7 Å². The zero-order valence-corrected chi connectivity index (χ0v) is 10.7. The highest BCUT2D eigenvalue weighted by Crippen LogP contribution is 2.16. The molecule has 0 aliphatic carbocycles. The number of benzene rings is 1. The van der Waals surface area contributed by atoms with Gasteiger partial charge < -0.3 is 20.3 Å². The highest BCUT2D eigenvalue weighted by molar-refractivity contribution is 5.89.